The summed E-state index contributed by atoms with van der Waals surface area (Å²) in [5.41, 5.74) is 0.403. The van der Waals surface area contributed by atoms with Gasteiger partial charge in [0.2, 0.25) is 10.0 Å². The molecule has 94 valence electrons. The molecule has 0 aliphatic carbocycles. The number of para-hydroxylation sites is 1. The third-order valence-corrected chi connectivity index (χ3v) is 3.82. The van der Waals surface area contributed by atoms with Crippen LogP contribution in [0.5, 0.6) is 0 Å². The van der Waals surface area contributed by atoms with Gasteiger partial charge < -0.3 is 4.74 Å². The molecule has 0 radical (unpaired) electrons. The predicted molar refractivity (Wildman–Crippen MR) is 68.3 cm³/mol. The Balaban J connectivity index is 3.17. The SMILES string of the molecule is COC(=O)CN(c1ccccc1Br)S(C)(=O)=O. The Bertz CT molecular complexity index is 515. The lowest BCUT2D eigenvalue weighted by Crippen LogP contribution is -2.35. The maximum atomic E-state index is 11.6. The molecule has 0 spiro atoms. The number of rotatable bonds is 4. The van der Waals surface area contributed by atoms with E-state index in [4.69, 9.17) is 0 Å². The predicted octanol–water partition coefficient (Wildman–Crippen LogP) is 1.39. The van der Waals surface area contributed by atoms with E-state index in [1.165, 1.54) is 7.11 Å². The molecule has 0 heterocycles. The van der Waals surface area contributed by atoms with E-state index >= 15 is 0 Å². The van der Waals surface area contributed by atoms with E-state index in [-0.39, 0.29) is 6.54 Å². The van der Waals surface area contributed by atoms with Crippen LogP contribution in [0.25, 0.3) is 0 Å². The summed E-state index contributed by atoms with van der Waals surface area (Å²) < 4.78 is 29.3. The Labute approximate surface area is 109 Å². The molecule has 0 saturated heterocycles. The molecule has 0 N–H and O–H groups in total. The molecule has 0 amide bonds. The van der Waals surface area contributed by atoms with E-state index in [0.717, 1.165) is 10.6 Å². The number of benzene rings is 1. The summed E-state index contributed by atoms with van der Waals surface area (Å²) >= 11 is 3.24. The van der Waals surface area contributed by atoms with Gasteiger partial charge in [0.25, 0.3) is 0 Å². The Morgan fingerprint density at radius 1 is 1.41 bits per heavy atom. The average molecular weight is 322 g/mol. The van der Waals surface area contributed by atoms with Crippen LogP contribution in [0.4, 0.5) is 5.69 Å². The fraction of sp³-hybridized carbons (Fsp3) is 0.300. The van der Waals surface area contributed by atoms with E-state index in [2.05, 4.69) is 20.7 Å². The molecule has 5 nitrogen and oxygen atoms in total. The fourth-order valence-corrected chi connectivity index (χ4v) is 2.69. The minimum absolute atomic E-state index is 0.349. The van der Waals surface area contributed by atoms with Gasteiger partial charge in [-0.25, -0.2) is 8.42 Å². The number of halogens is 1. The van der Waals surface area contributed by atoms with Crippen molar-refractivity contribution in [3.8, 4) is 0 Å². The molecule has 7 heteroatoms. The molecule has 0 aliphatic rings. The zero-order valence-electron chi connectivity index (χ0n) is 9.38. The van der Waals surface area contributed by atoms with Crippen molar-refractivity contribution in [3.63, 3.8) is 0 Å². The first kappa shape index (κ1) is 14.0. The molecule has 1 aromatic carbocycles. The third-order valence-electron chi connectivity index (χ3n) is 2.02. The molecular formula is C10H12BrNO4S. The highest BCUT2D eigenvalue weighted by atomic mass is 79.9. The second kappa shape index (κ2) is 5.50. The molecule has 1 aromatic rings. The molecule has 0 bridgehead atoms. The van der Waals surface area contributed by atoms with Crippen molar-refractivity contribution in [1.29, 1.82) is 0 Å². The van der Waals surface area contributed by atoms with Gasteiger partial charge in [0.05, 0.1) is 19.1 Å². The van der Waals surface area contributed by atoms with Crippen molar-refractivity contribution in [2.45, 2.75) is 0 Å². The third kappa shape index (κ3) is 3.71. The molecule has 17 heavy (non-hydrogen) atoms. The molecule has 0 saturated carbocycles. The first-order chi connectivity index (χ1) is 7.86. The van der Waals surface area contributed by atoms with Gasteiger partial charge in [-0.2, -0.15) is 0 Å². The van der Waals surface area contributed by atoms with Gasteiger partial charge in [-0.1, -0.05) is 12.1 Å². The van der Waals surface area contributed by atoms with Crippen molar-refractivity contribution in [2.75, 3.05) is 24.2 Å². The summed E-state index contributed by atoms with van der Waals surface area (Å²) in [5.74, 6) is -0.619. The second-order valence-corrected chi connectivity index (χ2v) is 6.06. The number of hydrogen-bond acceptors (Lipinski definition) is 4. The number of hydrogen-bond donors (Lipinski definition) is 0. The first-order valence-corrected chi connectivity index (χ1v) is 7.29. The number of esters is 1. The normalized spacial score (nSPS) is 11.0. The maximum Gasteiger partial charge on any atom is 0.326 e. The number of methoxy groups -OCH3 is 1. The molecule has 0 unspecified atom stereocenters. The highest BCUT2D eigenvalue weighted by molar-refractivity contribution is 9.10. The van der Waals surface area contributed by atoms with Gasteiger partial charge >= 0.3 is 5.97 Å². The Morgan fingerprint density at radius 2 is 2.00 bits per heavy atom. The monoisotopic (exact) mass is 321 g/mol. The van der Waals surface area contributed by atoms with Gasteiger partial charge in [-0.3, -0.25) is 9.10 Å². The largest absolute Gasteiger partial charge is 0.468 e. The summed E-state index contributed by atoms with van der Waals surface area (Å²) in [6, 6.07) is 6.75. The van der Waals surface area contributed by atoms with Crippen LogP contribution in [-0.2, 0) is 19.6 Å². The van der Waals surface area contributed by atoms with Crippen molar-refractivity contribution in [1.82, 2.24) is 0 Å². The van der Waals surface area contributed by atoms with E-state index in [1.807, 2.05) is 0 Å². The second-order valence-electron chi connectivity index (χ2n) is 3.30. The Kier molecular flexibility index (Phi) is 4.53. The smallest absolute Gasteiger partial charge is 0.326 e. The number of sulfonamides is 1. The highest BCUT2D eigenvalue weighted by Crippen LogP contribution is 2.27. The van der Waals surface area contributed by atoms with Crippen LogP contribution in [0.2, 0.25) is 0 Å². The molecule has 0 aromatic heterocycles. The Hall–Kier alpha value is -1.08. The van der Waals surface area contributed by atoms with Gasteiger partial charge in [0.1, 0.15) is 6.54 Å². The van der Waals surface area contributed by atoms with Gasteiger partial charge in [-0.05, 0) is 28.1 Å². The van der Waals surface area contributed by atoms with Crippen LogP contribution in [0.1, 0.15) is 0 Å². The first-order valence-electron chi connectivity index (χ1n) is 4.65. The van der Waals surface area contributed by atoms with Crippen LogP contribution < -0.4 is 4.31 Å². The van der Waals surface area contributed by atoms with E-state index in [1.54, 1.807) is 24.3 Å². The standard InChI is InChI=1S/C10H12BrNO4S/c1-16-10(13)7-12(17(2,14)15)9-6-4-3-5-8(9)11/h3-6H,7H2,1-2H3. The summed E-state index contributed by atoms with van der Waals surface area (Å²) in [6.07, 6.45) is 1.04. The average Bonchev–Trinajstić information content (AvgIpc) is 2.25. The van der Waals surface area contributed by atoms with Crippen LogP contribution in [0.15, 0.2) is 28.7 Å². The topological polar surface area (TPSA) is 63.7 Å². The van der Waals surface area contributed by atoms with Crippen molar-refractivity contribution in [2.24, 2.45) is 0 Å². The van der Waals surface area contributed by atoms with E-state index < -0.39 is 16.0 Å². The van der Waals surface area contributed by atoms with Crippen LogP contribution >= 0.6 is 15.9 Å². The zero-order valence-corrected chi connectivity index (χ0v) is 11.8. The quantitative estimate of drug-likeness (QED) is 0.786. The number of ether oxygens (including phenoxy) is 1. The van der Waals surface area contributed by atoms with Crippen LogP contribution in [-0.4, -0.2) is 34.3 Å². The van der Waals surface area contributed by atoms with Crippen molar-refractivity contribution in [3.05, 3.63) is 28.7 Å². The van der Waals surface area contributed by atoms with Crippen molar-refractivity contribution >= 4 is 37.6 Å². The summed E-state index contributed by atoms with van der Waals surface area (Å²) in [7, 11) is -2.33. The van der Waals surface area contributed by atoms with E-state index in [9.17, 15) is 13.2 Å². The lowest BCUT2D eigenvalue weighted by molar-refractivity contribution is -0.138. The van der Waals surface area contributed by atoms with Crippen molar-refractivity contribution < 1.29 is 17.9 Å². The maximum absolute atomic E-state index is 11.6. The Morgan fingerprint density at radius 3 is 2.47 bits per heavy atom. The minimum Gasteiger partial charge on any atom is -0.468 e. The number of carbonyl (C=O) groups is 1. The summed E-state index contributed by atoms with van der Waals surface area (Å²) in [4.78, 5) is 11.2. The minimum atomic E-state index is -3.54. The van der Waals surface area contributed by atoms with Crippen LogP contribution in [0, 0.1) is 0 Å². The van der Waals surface area contributed by atoms with Crippen LogP contribution in [0.3, 0.4) is 0 Å². The molecule has 0 fully saturated rings. The molecule has 0 aliphatic heterocycles. The van der Waals surface area contributed by atoms with E-state index in [0.29, 0.717) is 10.2 Å². The summed E-state index contributed by atoms with van der Waals surface area (Å²) in [6.45, 7) is -0.349. The molecular weight excluding hydrogens is 310 g/mol. The number of carbonyl (C=O) groups excluding carboxylic acids is 1. The number of anilines is 1. The van der Waals surface area contributed by atoms with Gasteiger partial charge in [0.15, 0.2) is 0 Å². The molecule has 0 atom stereocenters. The zero-order chi connectivity index (χ0) is 13.1. The van der Waals surface area contributed by atoms with Gasteiger partial charge in [-0.15, -0.1) is 0 Å². The lowest BCUT2D eigenvalue weighted by Gasteiger charge is -2.22. The fourth-order valence-electron chi connectivity index (χ4n) is 1.22. The van der Waals surface area contributed by atoms with Gasteiger partial charge in [0, 0.05) is 4.47 Å². The number of nitrogens with zero attached hydrogens (tertiary/aromatic N) is 1. The molecule has 1 rings (SSSR count). The summed E-state index contributed by atoms with van der Waals surface area (Å²) in [5, 5.41) is 0. The highest BCUT2D eigenvalue weighted by Gasteiger charge is 2.22. The lowest BCUT2D eigenvalue weighted by atomic mass is 10.3.